The van der Waals surface area contributed by atoms with Crippen molar-refractivity contribution in [1.29, 1.82) is 0 Å². The first kappa shape index (κ1) is 29.5. The number of aromatic hydroxyl groups is 1. The normalized spacial score (nSPS) is 28.4. The van der Waals surface area contributed by atoms with Gasteiger partial charge in [-0.3, -0.25) is 24.1 Å². The number of phenols is 1. The van der Waals surface area contributed by atoms with Crippen LogP contribution in [0.4, 0.5) is 4.39 Å². The second-order valence-corrected chi connectivity index (χ2v) is 13.9. The summed E-state index contributed by atoms with van der Waals surface area (Å²) in [7, 11) is 0. The maximum Gasteiger partial charge on any atom is 0.234 e. The van der Waals surface area contributed by atoms with Crippen LogP contribution in [0.2, 0.25) is 0 Å². The summed E-state index contributed by atoms with van der Waals surface area (Å²) in [6.07, 6.45) is 3.86. The molecule has 3 aliphatic carbocycles. The number of thiophene rings is 1. The van der Waals surface area contributed by atoms with Crippen molar-refractivity contribution in [2.45, 2.75) is 30.7 Å². The molecule has 1 aliphatic heterocycles. The van der Waals surface area contributed by atoms with Crippen LogP contribution in [0.25, 0.3) is 5.57 Å². The zero-order valence-corrected chi connectivity index (χ0v) is 26.0. The molecular weight excluding hydrogens is 613 g/mol. The number of nitrogens with zero attached hydrogens (tertiary/aromatic N) is 1. The third-order valence-corrected chi connectivity index (χ3v) is 11.5. The van der Waals surface area contributed by atoms with Crippen LogP contribution in [0, 0.1) is 29.5 Å². The van der Waals surface area contributed by atoms with Crippen LogP contribution in [0.1, 0.15) is 40.3 Å². The Morgan fingerprint density at radius 2 is 1.62 bits per heavy atom. The van der Waals surface area contributed by atoms with E-state index in [-0.39, 0.29) is 36.3 Å². The molecule has 4 aliphatic rings. The van der Waals surface area contributed by atoms with Crippen LogP contribution in [0.5, 0.6) is 5.75 Å². The highest BCUT2D eigenvalue weighted by molar-refractivity contribution is 7.09. The Balaban J connectivity index is 1.35. The minimum Gasteiger partial charge on any atom is -0.505 e. The number of phenolic OH excluding ortho intramolecular Hbond substituents is 1. The third kappa shape index (κ3) is 4.34. The fourth-order valence-corrected chi connectivity index (χ4v) is 9.42. The highest BCUT2D eigenvalue weighted by atomic mass is 32.1. The lowest BCUT2D eigenvalue weighted by molar-refractivity contribution is -0.141. The molecule has 1 N–H and O–H groups in total. The van der Waals surface area contributed by atoms with E-state index >= 15 is 4.39 Å². The highest BCUT2D eigenvalue weighted by Crippen LogP contribution is 2.63. The molecule has 6 nitrogen and oxygen atoms in total. The predicted octanol–water partition coefficient (Wildman–Crippen LogP) is 6.62. The van der Waals surface area contributed by atoms with Gasteiger partial charge in [-0.2, -0.15) is 0 Å². The van der Waals surface area contributed by atoms with Gasteiger partial charge in [0.1, 0.15) is 0 Å². The Labute approximate surface area is 274 Å². The average Bonchev–Trinajstić information content (AvgIpc) is 3.70. The summed E-state index contributed by atoms with van der Waals surface area (Å²) in [5.74, 6) is -5.95. The van der Waals surface area contributed by atoms with Gasteiger partial charge in [0.2, 0.25) is 11.8 Å². The van der Waals surface area contributed by atoms with Crippen molar-refractivity contribution in [1.82, 2.24) is 4.90 Å². The van der Waals surface area contributed by atoms with Gasteiger partial charge in [-0.1, -0.05) is 84.4 Å². The van der Waals surface area contributed by atoms with Gasteiger partial charge in [-0.05, 0) is 65.1 Å². The molecule has 6 unspecified atom stereocenters. The highest BCUT2D eigenvalue weighted by Gasteiger charge is 2.65. The molecule has 0 spiro atoms. The number of fused-ring (bicyclic) bond motifs is 4. The molecule has 3 aromatic carbocycles. The standard InChI is InChI=1S/C39H30FNO5S/c40-31-18-23(13-16-32(31)42)35-26-14-15-27-34(38(46)41(37(27)45)21-25-12-7-17-47-25)29(26)19-30-36(44)28(22-8-3-1-4-9-22)20-33(43)39(30,35)24-10-5-2-6-11-24/h1-14,16-18,20,27,29-30,34-35,42H,15,19,21H2. The topological polar surface area (TPSA) is 91.8 Å². The fraction of sp³-hybridized carbons (Fsp3) is 0.231. The van der Waals surface area contributed by atoms with Crippen LogP contribution in [-0.4, -0.2) is 33.4 Å². The van der Waals surface area contributed by atoms with Crippen LogP contribution in [-0.2, 0) is 31.1 Å². The summed E-state index contributed by atoms with van der Waals surface area (Å²) >= 11 is 1.48. The molecule has 1 saturated carbocycles. The second-order valence-electron chi connectivity index (χ2n) is 12.8. The van der Waals surface area contributed by atoms with E-state index in [9.17, 15) is 24.3 Å². The number of benzene rings is 3. The number of ketones is 2. The predicted molar refractivity (Wildman–Crippen MR) is 175 cm³/mol. The Morgan fingerprint density at radius 3 is 2.32 bits per heavy atom. The van der Waals surface area contributed by atoms with E-state index in [1.54, 1.807) is 18.2 Å². The molecular formula is C39H30FNO5S. The van der Waals surface area contributed by atoms with Crippen molar-refractivity contribution in [3.05, 3.63) is 141 Å². The second kappa shape index (κ2) is 11.1. The smallest absolute Gasteiger partial charge is 0.234 e. The number of hydrogen-bond acceptors (Lipinski definition) is 6. The van der Waals surface area contributed by atoms with E-state index in [0.717, 1.165) is 10.5 Å². The number of carbonyl (C=O) groups is 4. The first-order valence-electron chi connectivity index (χ1n) is 15.8. The quantitative estimate of drug-likeness (QED) is 0.195. The molecule has 0 bridgehead atoms. The number of Topliss-reactive ketones (excluding diaryl/α,β-unsaturated/α-hetero) is 1. The maximum atomic E-state index is 15.2. The van der Waals surface area contributed by atoms with Gasteiger partial charge in [-0.15, -0.1) is 11.3 Å². The molecule has 4 aromatic rings. The van der Waals surface area contributed by atoms with Crippen LogP contribution in [0.15, 0.2) is 114 Å². The first-order valence-corrected chi connectivity index (χ1v) is 16.7. The Morgan fingerprint density at radius 1 is 0.872 bits per heavy atom. The van der Waals surface area contributed by atoms with Gasteiger partial charge in [0.25, 0.3) is 0 Å². The van der Waals surface area contributed by atoms with Gasteiger partial charge in [0.15, 0.2) is 23.1 Å². The van der Waals surface area contributed by atoms with Gasteiger partial charge in [-0.25, -0.2) is 4.39 Å². The summed E-state index contributed by atoms with van der Waals surface area (Å²) in [6, 6.07) is 26.1. The van der Waals surface area contributed by atoms with Crippen molar-refractivity contribution >= 4 is 40.3 Å². The Hall–Kier alpha value is -4.95. The lowest BCUT2D eigenvalue weighted by Gasteiger charge is -2.55. The van der Waals surface area contributed by atoms with E-state index in [1.165, 1.54) is 34.4 Å². The van der Waals surface area contributed by atoms with Crippen molar-refractivity contribution < 1.29 is 28.7 Å². The number of likely N-dealkylation sites (tertiary alicyclic amines) is 1. The number of amides is 2. The zero-order valence-electron chi connectivity index (χ0n) is 25.2. The summed E-state index contributed by atoms with van der Waals surface area (Å²) < 4.78 is 15.2. The largest absolute Gasteiger partial charge is 0.505 e. The van der Waals surface area contributed by atoms with E-state index in [4.69, 9.17) is 0 Å². The van der Waals surface area contributed by atoms with Crippen molar-refractivity contribution in [2.24, 2.45) is 23.7 Å². The molecule has 2 amide bonds. The number of allylic oxidation sites excluding steroid dienone is 4. The van der Waals surface area contributed by atoms with E-state index < -0.39 is 46.6 Å². The Bertz CT molecular complexity index is 2000. The number of hydrogen-bond donors (Lipinski definition) is 1. The zero-order chi connectivity index (χ0) is 32.4. The molecule has 8 rings (SSSR count). The molecule has 6 atom stereocenters. The van der Waals surface area contributed by atoms with Crippen LogP contribution >= 0.6 is 11.3 Å². The SMILES string of the molecule is O=C1C(c2ccccc2)=CC(=O)C2(c3ccccc3)C1CC1C(=CCC3C(=O)N(Cc4cccs4)C(=O)C31)C2c1ccc(O)c(F)c1. The van der Waals surface area contributed by atoms with Gasteiger partial charge >= 0.3 is 0 Å². The number of rotatable bonds is 5. The van der Waals surface area contributed by atoms with Crippen molar-refractivity contribution in [3.63, 3.8) is 0 Å². The minimum absolute atomic E-state index is 0.180. The molecule has 8 heteroatoms. The monoisotopic (exact) mass is 643 g/mol. The molecule has 2 heterocycles. The average molecular weight is 644 g/mol. The summed E-state index contributed by atoms with van der Waals surface area (Å²) in [5, 5.41) is 12.1. The van der Waals surface area contributed by atoms with E-state index in [1.807, 2.05) is 72.1 Å². The van der Waals surface area contributed by atoms with E-state index in [2.05, 4.69) is 0 Å². The lowest BCUT2D eigenvalue weighted by atomic mass is 9.44. The fourth-order valence-electron chi connectivity index (χ4n) is 8.73. The lowest BCUT2D eigenvalue weighted by Crippen LogP contribution is -2.58. The van der Waals surface area contributed by atoms with Crippen LogP contribution < -0.4 is 0 Å². The van der Waals surface area contributed by atoms with Crippen molar-refractivity contribution in [2.75, 3.05) is 0 Å². The minimum atomic E-state index is -1.45. The number of halogens is 1. The molecule has 0 radical (unpaired) electrons. The number of imide groups is 1. The first-order chi connectivity index (χ1) is 22.8. The number of carbonyl (C=O) groups excluding carboxylic acids is 4. The summed E-state index contributed by atoms with van der Waals surface area (Å²) in [6.45, 7) is 0.187. The molecule has 234 valence electrons. The maximum absolute atomic E-state index is 15.2. The summed E-state index contributed by atoms with van der Waals surface area (Å²) in [4.78, 5) is 60.1. The molecule has 1 saturated heterocycles. The Kier molecular flexibility index (Phi) is 6.95. The van der Waals surface area contributed by atoms with Crippen LogP contribution in [0.3, 0.4) is 0 Å². The molecule has 2 fully saturated rings. The molecule has 1 aromatic heterocycles. The van der Waals surface area contributed by atoms with Gasteiger partial charge in [0, 0.05) is 22.3 Å². The van der Waals surface area contributed by atoms with Gasteiger partial charge in [0.05, 0.1) is 23.8 Å². The molecule has 47 heavy (non-hydrogen) atoms. The van der Waals surface area contributed by atoms with E-state index in [0.29, 0.717) is 28.7 Å². The van der Waals surface area contributed by atoms with Crippen molar-refractivity contribution in [3.8, 4) is 5.75 Å². The third-order valence-electron chi connectivity index (χ3n) is 10.7. The van der Waals surface area contributed by atoms with Gasteiger partial charge < -0.3 is 5.11 Å². The summed E-state index contributed by atoms with van der Waals surface area (Å²) in [5.41, 5.74) is 1.28.